The molecule has 0 fully saturated rings. The number of anilines is 1. The average molecular weight is 490 g/mol. The molecule has 1 aromatic carbocycles. The zero-order chi connectivity index (χ0) is 25.0. The average Bonchev–Trinajstić information content (AvgIpc) is 2.82. The third kappa shape index (κ3) is 13.2. The van der Waals surface area contributed by atoms with Gasteiger partial charge in [-0.05, 0) is 24.6 Å². The summed E-state index contributed by atoms with van der Waals surface area (Å²) in [5.41, 5.74) is 8.20. The van der Waals surface area contributed by atoms with Crippen LogP contribution in [0.4, 0.5) is 5.69 Å². The zero-order valence-corrected chi connectivity index (χ0v) is 21.3. The second kappa shape index (κ2) is 18.8. The van der Waals surface area contributed by atoms with Crippen molar-refractivity contribution in [1.82, 2.24) is 0 Å². The van der Waals surface area contributed by atoms with Crippen LogP contribution in [0.3, 0.4) is 0 Å². The van der Waals surface area contributed by atoms with Gasteiger partial charge in [0.05, 0.1) is 22.9 Å². The number of carbonyl (C=O) groups excluding carboxylic acids is 1. The van der Waals surface area contributed by atoms with Gasteiger partial charge in [-0.2, -0.15) is 10.4 Å². The van der Waals surface area contributed by atoms with Crippen LogP contribution >= 0.6 is 11.6 Å². The summed E-state index contributed by atoms with van der Waals surface area (Å²) in [5, 5.41) is 20.2. The van der Waals surface area contributed by atoms with E-state index in [4.69, 9.17) is 32.7 Å². The van der Waals surface area contributed by atoms with Crippen molar-refractivity contribution >= 4 is 34.8 Å². The van der Waals surface area contributed by atoms with E-state index in [1.54, 1.807) is 18.2 Å². The molecule has 0 aromatic heterocycles. The first-order chi connectivity index (χ1) is 16.5. The largest absolute Gasteiger partial charge is 0.462 e. The van der Waals surface area contributed by atoms with Gasteiger partial charge in [0.25, 0.3) is 0 Å². The van der Waals surface area contributed by atoms with Crippen molar-refractivity contribution in [2.45, 2.75) is 96.8 Å². The molecule has 8 heteroatoms. The molecule has 0 saturated carbocycles. The van der Waals surface area contributed by atoms with Gasteiger partial charge in [0.1, 0.15) is 6.07 Å². The van der Waals surface area contributed by atoms with E-state index in [9.17, 15) is 4.79 Å². The van der Waals surface area contributed by atoms with Crippen LogP contribution in [-0.4, -0.2) is 24.1 Å². The van der Waals surface area contributed by atoms with Crippen LogP contribution in [0.1, 0.15) is 107 Å². The van der Waals surface area contributed by atoms with E-state index < -0.39 is 11.8 Å². The highest BCUT2D eigenvalue weighted by atomic mass is 35.5. The first-order valence-electron chi connectivity index (χ1n) is 12.5. The number of hydrogen-bond donors (Lipinski definition) is 3. The molecule has 7 nitrogen and oxygen atoms in total. The van der Waals surface area contributed by atoms with Gasteiger partial charge in [-0.25, -0.2) is 4.79 Å². The maximum absolute atomic E-state index is 12.3. The molecule has 0 aliphatic rings. The number of halogens is 1. The molecule has 1 rings (SSSR count). The molecule has 4 N–H and O–H groups in total. The number of ether oxygens (including phenoxy) is 1. The van der Waals surface area contributed by atoms with Gasteiger partial charge in [0.2, 0.25) is 5.71 Å². The van der Waals surface area contributed by atoms with Gasteiger partial charge >= 0.3 is 5.97 Å². The van der Waals surface area contributed by atoms with Gasteiger partial charge in [-0.15, -0.1) is 0 Å². The normalized spacial score (nSPS) is 11.1. The Kier molecular flexibility index (Phi) is 16.3. The summed E-state index contributed by atoms with van der Waals surface area (Å²) in [4.78, 5) is 12.3. The van der Waals surface area contributed by atoms with Crippen molar-refractivity contribution < 1.29 is 9.53 Å². The molecule has 0 aliphatic carbocycles. The number of nitriles is 1. The molecule has 0 unspecified atom stereocenters. The number of hydrogen-bond acceptors (Lipinski definition) is 6. The molecular weight excluding hydrogens is 450 g/mol. The third-order valence-electron chi connectivity index (χ3n) is 5.58. The van der Waals surface area contributed by atoms with Gasteiger partial charge in [-0.3, -0.25) is 10.8 Å². The molecule has 0 radical (unpaired) electrons. The minimum atomic E-state index is -0.463. The summed E-state index contributed by atoms with van der Waals surface area (Å²) in [6.07, 6.45) is 17.9. The number of amidine groups is 1. The molecule has 1 aromatic rings. The fourth-order valence-electron chi connectivity index (χ4n) is 3.54. The van der Waals surface area contributed by atoms with Gasteiger partial charge in [-0.1, -0.05) is 102 Å². The summed E-state index contributed by atoms with van der Waals surface area (Å²) in [6.45, 7) is 2.63. The minimum Gasteiger partial charge on any atom is -0.462 e. The Morgan fingerprint density at radius 2 is 1.56 bits per heavy atom. The molecule has 0 spiro atoms. The van der Waals surface area contributed by atoms with E-state index in [0.29, 0.717) is 22.9 Å². The molecule has 0 saturated heterocycles. The zero-order valence-electron chi connectivity index (χ0n) is 20.5. The van der Waals surface area contributed by atoms with Gasteiger partial charge in [0.15, 0.2) is 5.84 Å². The summed E-state index contributed by atoms with van der Waals surface area (Å²) in [5.74, 6) is -0.902. The highest BCUT2D eigenvalue weighted by Crippen LogP contribution is 2.23. The van der Waals surface area contributed by atoms with Crippen LogP contribution < -0.4 is 11.2 Å². The molecule has 0 atom stereocenters. The number of esters is 1. The lowest BCUT2D eigenvalue weighted by atomic mass is 10.0. The minimum absolute atomic E-state index is 0.276. The quantitative estimate of drug-likeness (QED) is 0.0622. The number of hydrazone groups is 1. The Morgan fingerprint density at radius 1 is 1.03 bits per heavy atom. The molecule has 34 heavy (non-hydrogen) atoms. The predicted molar refractivity (Wildman–Crippen MR) is 141 cm³/mol. The third-order valence-corrected chi connectivity index (χ3v) is 5.91. The number of benzene rings is 1. The van der Waals surface area contributed by atoms with Crippen LogP contribution in [0.15, 0.2) is 23.3 Å². The Morgan fingerprint density at radius 3 is 2.06 bits per heavy atom. The number of rotatable bonds is 19. The molecule has 0 bridgehead atoms. The number of unbranched alkanes of at least 4 members (excludes halogenated alkanes) is 13. The maximum Gasteiger partial charge on any atom is 0.338 e. The van der Waals surface area contributed by atoms with E-state index in [0.717, 1.165) is 12.8 Å². The smallest absolute Gasteiger partial charge is 0.338 e. The first kappa shape index (κ1) is 29.4. The van der Waals surface area contributed by atoms with E-state index >= 15 is 0 Å². The predicted octanol–water partition coefficient (Wildman–Crippen LogP) is 7.21. The van der Waals surface area contributed by atoms with Crippen LogP contribution in [0.5, 0.6) is 0 Å². The van der Waals surface area contributed by atoms with Crippen molar-refractivity contribution in [3.8, 4) is 6.07 Å². The lowest BCUT2D eigenvalue weighted by Crippen LogP contribution is -2.21. The lowest BCUT2D eigenvalue weighted by molar-refractivity contribution is 0.0497. The Balaban J connectivity index is 2.16. The maximum atomic E-state index is 12.3. The lowest BCUT2D eigenvalue weighted by Gasteiger charge is -2.08. The number of nitrogens with one attached hydrogen (secondary N) is 2. The molecule has 0 aliphatic heterocycles. The summed E-state index contributed by atoms with van der Waals surface area (Å²) >= 11 is 6.10. The van der Waals surface area contributed by atoms with Crippen molar-refractivity contribution in [1.29, 1.82) is 10.7 Å². The number of nitrogens with two attached hydrogens (primary N) is 1. The van der Waals surface area contributed by atoms with E-state index in [-0.39, 0.29) is 5.71 Å². The molecule has 0 amide bonds. The van der Waals surface area contributed by atoms with Gasteiger partial charge in [0, 0.05) is 0 Å². The summed E-state index contributed by atoms with van der Waals surface area (Å²) in [7, 11) is 0. The second-order valence-electron chi connectivity index (χ2n) is 8.52. The Labute approximate surface area is 209 Å². The van der Waals surface area contributed by atoms with E-state index in [1.165, 1.54) is 83.1 Å². The van der Waals surface area contributed by atoms with E-state index in [2.05, 4.69) is 17.5 Å². The van der Waals surface area contributed by atoms with Crippen LogP contribution in [-0.2, 0) is 4.74 Å². The summed E-state index contributed by atoms with van der Waals surface area (Å²) in [6, 6.07) is 6.31. The summed E-state index contributed by atoms with van der Waals surface area (Å²) < 4.78 is 5.36. The fraction of sp³-hybridized carbons (Fsp3) is 0.615. The molecule has 188 valence electrons. The molecule has 0 heterocycles. The van der Waals surface area contributed by atoms with Crippen molar-refractivity contribution in [2.75, 3.05) is 12.0 Å². The van der Waals surface area contributed by atoms with Crippen LogP contribution in [0.25, 0.3) is 0 Å². The van der Waals surface area contributed by atoms with Crippen molar-refractivity contribution in [3.05, 3.63) is 28.8 Å². The van der Waals surface area contributed by atoms with Gasteiger partial charge < -0.3 is 10.5 Å². The number of nitrogens with zero attached hydrogens (tertiary/aromatic N) is 2. The molecular formula is C26H40ClN5O2. The SMILES string of the molecule is CCCCCCCCCCCCCCCCOC(=O)c1ccc(Cl)c(N/N=C(\C#N)C(=N)N)c1. The van der Waals surface area contributed by atoms with E-state index in [1.807, 2.05) is 0 Å². The second-order valence-corrected chi connectivity index (χ2v) is 8.93. The van der Waals surface area contributed by atoms with Crippen LogP contribution in [0, 0.1) is 16.7 Å². The first-order valence-corrected chi connectivity index (χ1v) is 12.9. The highest BCUT2D eigenvalue weighted by molar-refractivity contribution is 6.46. The number of carbonyl (C=O) groups is 1. The van der Waals surface area contributed by atoms with Crippen molar-refractivity contribution in [2.24, 2.45) is 10.8 Å². The monoisotopic (exact) mass is 489 g/mol. The Hall–Kier alpha value is -2.59. The van der Waals surface area contributed by atoms with Crippen molar-refractivity contribution in [3.63, 3.8) is 0 Å². The topological polar surface area (TPSA) is 124 Å². The standard InChI is InChI=1S/C26H40ClN5O2/c1-2-3-4-5-6-7-8-9-10-11-12-13-14-15-18-34-26(33)21-16-17-22(27)23(19-21)31-32-24(20-28)25(29)30/h16-17,19,31H,2-15,18H2,1H3,(H3,29,30)/b32-24+. The Bertz CT molecular complexity index is 820. The highest BCUT2D eigenvalue weighted by Gasteiger charge is 2.11. The fourth-order valence-corrected chi connectivity index (χ4v) is 3.70. The van der Waals surface area contributed by atoms with Crippen LogP contribution in [0.2, 0.25) is 5.02 Å².